The first-order valence-electron chi connectivity index (χ1n) is 7.61. The molecule has 2 fully saturated rings. The van der Waals surface area contributed by atoms with Crippen LogP contribution in [0.1, 0.15) is 25.7 Å². The van der Waals surface area contributed by atoms with Gasteiger partial charge in [-0.25, -0.2) is 0 Å². The van der Waals surface area contributed by atoms with Gasteiger partial charge < -0.3 is 10.1 Å². The predicted molar refractivity (Wildman–Crippen MR) is 83.8 cm³/mol. The quantitative estimate of drug-likeness (QED) is 0.868. The van der Waals surface area contributed by atoms with Gasteiger partial charge in [0.2, 0.25) is 5.91 Å². The number of fused-ring (bicyclic) bond motifs is 1. The number of ether oxygens (including phenoxy) is 1. The Morgan fingerprint density at radius 3 is 3.09 bits per heavy atom. The molecule has 1 aromatic rings. The molecule has 0 bridgehead atoms. The van der Waals surface area contributed by atoms with Crippen LogP contribution in [0.5, 0.6) is 0 Å². The van der Waals surface area contributed by atoms with Gasteiger partial charge in [-0.15, -0.1) is 0 Å². The van der Waals surface area contributed by atoms with E-state index in [1.165, 1.54) is 0 Å². The summed E-state index contributed by atoms with van der Waals surface area (Å²) < 4.78 is 5.25. The molecule has 2 heterocycles. The van der Waals surface area contributed by atoms with E-state index in [2.05, 4.69) is 10.2 Å². The number of morpholine rings is 1. The molecule has 1 N–H and O–H groups in total. The molecule has 6 heteroatoms. The second kappa shape index (κ2) is 6.67. The lowest BCUT2D eigenvalue weighted by molar-refractivity contribution is -0.165. The van der Waals surface area contributed by atoms with E-state index in [-0.39, 0.29) is 24.3 Å². The topological polar surface area (TPSA) is 58.6 Å². The van der Waals surface area contributed by atoms with Crippen molar-refractivity contribution < 1.29 is 14.3 Å². The van der Waals surface area contributed by atoms with Crippen LogP contribution in [0.4, 0.5) is 5.69 Å². The van der Waals surface area contributed by atoms with Crippen LogP contribution in [0.25, 0.3) is 0 Å². The van der Waals surface area contributed by atoms with Crippen molar-refractivity contribution in [1.29, 1.82) is 0 Å². The van der Waals surface area contributed by atoms with Gasteiger partial charge in [0.05, 0.1) is 6.42 Å². The van der Waals surface area contributed by atoms with E-state index in [0.717, 1.165) is 25.8 Å². The first-order chi connectivity index (χ1) is 10.6. The van der Waals surface area contributed by atoms with Crippen LogP contribution < -0.4 is 5.32 Å². The highest BCUT2D eigenvalue weighted by Gasteiger charge is 2.40. The number of carbonyl (C=O) groups excluding carboxylic acids is 2. The number of piperidine rings is 1. The van der Waals surface area contributed by atoms with Gasteiger partial charge in [0, 0.05) is 16.8 Å². The Morgan fingerprint density at radius 1 is 1.41 bits per heavy atom. The normalized spacial score (nSPS) is 25.2. The van der Waals surface area contributed by atoms with Crippen LogP contribution in [0.2, 0.25) is 5.02 Å². The van der Waals surface area contributed by atoms with Gasteiger partial charge in [-0.05, 0) is 37.6 Å². The standard InChI is InChI=1S/C16H19ClN2O3/c17-11-4-3-5-12(8-11)18-15(20)9-14-16(21)22-10-13-6-1-2-7-19(13)14/h3-5,8,13-14H,1-2,6-7,9-10H2,(H,18,20). The van der Waals surface area contributed by atoms with Gasteiger partial charge in [0.15, 0.2) is 0 Å². The Bertz CT molecular complexity index is 578. The maximum absolute atomic E-state index is 12.2. The molecule has 5 nitrogen and oxygen atoms in total. The number of esters is 1. The van der Waals surface area contributed by atoms with E-state index in [4.69, 9.17) is 16.3 Å². The lowest BCUT2D eigenvalue weighted by Crippen LogP contribution is -2.57. The average Bonchev–Trinajstić information content (AvgIpc) is 2.50. The number of benzene rings is 1. The van der Waals surface area contributed by atoms with Gasteiger partial charge in [-0.2, -0.15) is 0 Å². The van der Waals surface area contributed by atoms with Gasteiger partial charge in [0.1, 0.15) is 12.6 Å². The minimum absolute atomic E-state index is 0.113. The van der Waals surface area contributed by atoms with Crippen LogP contribution in [-0.2, 0) is 14.3 Å². The molecule has 0 saturated carbocycles. The molecule has 2 aliphatic rings. The van der Waals surface area contributed by atoms with Crippen molar-refractivity contribution in [1.82, 2.24) is 4.90 Å². The summed E-state index contributed by atoms with van der Waals surface area (Å²) in [6.07, 6.45) is 3.36. The monoisotopic (exact) mass is 322 g/mol. The van der Waals surface area contributed by atoms with E-state index in [0.29, 0.717) is 17.3 Å². The zero-order chi connectivity index (χ0) is 15.5. The molecular weight excluding hydrogens is 304 g/mol. The third kappa shape index (κ3) is 3.42. The fourth-order valence-electron chi connectivity index (χ4n) is 3.18. The first-order valence-corrected chi connectivity index (χ1v) is 7.99. The molecule has 3 rings (SSSR count). The predicted octanol–water partition coefficient (Wildman–Crippen LogP) is 2.45. The van der Waals surface area contributed by atoms with E-state index in [1.54, 1.807) is 24.3 Å². The average molecular weight is 323 g/mol. The van der Waals surface area contributed by atoms with Crippen molar-refractivity contribution in [2.24, 2.45) is 0 Å². The number of hydrogen-bond acceptors (Lipinski definition) is 4. The van der Waals surface area contributed by atoms with Crippen molar-refractivity contribution >= 4 is 29.2 Å². The molecule has 0 spiro atoms. The van der Waals surface area contributed by atoms with Gasteiger partial charge >= 0.3 is 5.97 Å². The SMILES string of the molecule is O=C(CC1C(=O)OCC2CCCCN21)Nc1cccc(Cl)c1. The summed E-state index contributed by atoms with van der Waals surface area (Å²) in [4.78, 5) is 26.4. The van der Waals surface area contributed by atoms with Crippen molar-refractivity contribution in [2.75, 3.05) is 18.5 Å². The largest absolute Gasteiger partial charge is 0.463 e. The fourth-order valence-corrected chi connectivity index (χ4v) is 3.37. The van der Waals surface area contributed by atoms with Gasteiger partial charge in [-0.1, -0.05) is 24.1 Å². The van der Waals surface area contributed by atoms with E-state index >= 15 is 0 Å². The Morgan fingerprint density at radius 2 is 2.27 bits per heavy atom. The molecule has 0 radical (unpaired) electrons. The third-order valence-electron chi connectivity index (χ3n) is 4.25. The molecule has 118 valence electrons. The number of carbonyl (C=O) groups is 2. The van der Waals surface area contributed by atoms with Crippen LogP contribution >= 0.6 is 11.6 Å². The number of rotatable bonds is 3. The fraction of sp³-hybridized carbons (Fsp3) is 0.500. The Hall–Kier alpha value is -1.59. The Labute approximate surface area is 134 Å². The maximum atomic E-state index is 12.2. The lowest BCUT2D eigenvalue weighted by atomic mass is 9.97. The van der Waals surface area contributed by atoms with Crippen LogP contribution in [0.3, 0.4) is 0 Å². The highest BCUT2D eigenvalue weighted by atomic mass is 35.5. The smallest absolute Gasteiger partial charge is 0.323 e. The zero-order valence-electron chi connectivity index (χ0n) is 12.3. The number of halogens is 1. The number of hydrogen-bond donors (Lipinski definition) is 1. The van der Waals surface area contributed by atoms with Crippen LogP contribution in [-0.4, -0.2) is 42.0 Å². The van der Waals surface area contributed by atoms with Crippen LogP contribution in [0.15, 0.2) is 24.3 Å². The minimum Gasteiger partial charge on any atom is -0.463 e. The number of nitrogens with zero attached hydrogens (tertiary/aromatic N) is 1. The summed E-state index contributed by atoms with van der Waals surface area (Å²) in [6.45, 7) is 1.31. The summed E-state index contributed by atoms with van der Waals surface area (Å²) in [6, 6.07) is 6.75. The van der Waals surface area contributed by atoms with Gasteiger partial charge in [-0.3, -0.25) is 14.5 Å². The molecule has 1 amide bonds. The third-order valence-corrected chi connectivity index (χ3v) is 4.49. The molecule has 22 heavy (non-hydrogen) atoms. The summed E-state index contributed by atoms with van der Waals surface area (Å²) in [7, 11) is 0. The molecule has 2 aliphatic heterocycles. The molecule has 2 saturated heterocycles. The van der Waals surface area contributed by atoms with E-state index in [9.17, 15) is 9.59 Å². The van der Waals surface area contributed by atoms with Crippen molar-refractivity contribution in [3.8, 4) is 0 Å². The lowest BCUT2D eigenvalue weighted by Gasteiger charge is -2.43. The molecule has 1 aromatic carbocycles. The summed E-state index contributed by atoms with van der Waals surface area (Å²) in [5.41, 5.74) is 0.636. The highest BCUT2D eigenvalue weighted by molar-refractivity contribution is 6.30. The van der Waals surface area contributed by atoms with Crippen molar-refractivity contribution in [2.45, 2.75) is 37.8 Å². The first kappa shape index (κ1) is 15.3. The number of cyclic esters (lactones) is 1. The number of nitrogens with one attached hydrogen (secondary N) is 1. The van der Waals surface area contributed by atoms with Crippen LogP contribution in [0, 0.1) is 0 Å². The van der Waals surface area contributed by atoms with Crippen molar-refractivity contribution in [3.63, 3.8) is 0 Å². The minimum atomic E-state index is -0.474. The molecular formula is C16H19ClN2O3. The highest BCUT2D eigenvalue weighted by Crippen LogP contribution is 2.26. The zero-order valence-corrected chi connectivity index (χ0v) is 13.0. The van der Waals surface area contributed by atoms with E-state index in [1.807, 2.05) is 0 Å². The Balaban J connectivity index is 1.65. The summed E-state index contributed by atoms with van der Waals surface area (Å²) in [5, 5.41) is 3.35. The molecule has 2 atom stereocenters. The van der Waals surface area contributed by atoms with Crippen molar-refractivity contribution in [3.05, 3.63) is 29.3 Å². The maximum Gasteiger partial charge on any atom is 0.323 e. The number of amides is 1. The second-order valence-corrected chi connectivity index (χ2v) is 6.23. The van der Waals surface area contributed by atoms with E-state index < -0.39 is 6.04 Å². The summed E-state index contributed by atoms with van der Waals surface area (Å²) >= 11 is 5.90. The second-order valence-electron chi connectivity index (χ2n) is 5.80. The molecule has 2 unspecified atom stereocenters. The molecule has 0 aromatic heterocycles. The number of anilines is 1. The molecule has 0 aliphatic carbocycles. The Kier molecular flexibility index (Phi) is 4.64. The van der Waals surface area contributed by atoms with Gasteiger partial charge in [0.25, 0.3) is 0 Å². The summed E-state index contributed by atoms with van der Waals surface area (Å²) in [5.74, 6) is -0.491.